The first-order chi connectivity index (χ1) is 14.6. The van der Waals surface area contributed by atoms with Crippen molar-refractivity contribution in [3.8, 4) is 0 Å². The second-order valence-electron chi connectivity index (χ2n) is 12.7. The number of aliphatic hydroxyl groups excluding tert-OH is 4. The van der Waals surface area contributed by atoms with Gasteiger partial charge in [0.05, 0.1) is 18.3 Å². The van der Waals surface area contributed by atoms with E-state index in [-0.39, 0.29) is 41.2 Å². The molecule has 4 saturated carbocycles. The standard InChI is InChI=1S/C27H48O4.H2O/c1-16(15-28)6-5-7-17(2)20-8-9-21-25-22(14-24(31)27(20,21)4)26(3)11-10-19(29)12-18(26)13-23(25)30;/h16-25,28-31H,5-15H2,1-4H3;1H2/t16?,17-,18+,19-,20-,21+,22+,23-,24+,25+,26+,27-;/m1./s1. The third kappa shape index (κ3) is 4.19. The van der Waals surface area contributed by atoms with E-state index >= 15 is 0 Å². The van der Waals surface area contributed by atoms with Crippen molar-refractivity contribution >= 4 is 0 Å². The first kappa shape index (κ1) is 26.4. The molecule has 5 heteroatoms. The van der Waals surface area contributed by atoms with Crippen molar-refractivity contribution in [2.24, 2.45) is 52.3 Å². The minimum absolute atomic E-state index is 0. The highest BCUT2D eigenvalue weighted by Crippen LogP contribution is 2.68. The highest BCUT2D eigenvalue weighted by Gasteiger charge is 2.65. The molecule has 1 unspecified atom stereocenters. The van der Waals surface area contributed by atoms with Crippen molar-refractivity contribution in [2.45, 2.75) is 110 Å². The molecular formula is C27H50O5. The molecule has 0 aliphatic heterocycles. The van der Waals surface area contributed by atoms with Crippen molar-refractivity contribution < 1.29 is 25.9 Å². The summed E-state index contributed by atoms with van der Waals surface area (Å²) in [5.74, 6) is 2.93. The molecule has 0 heterocycles. The highest BCUT2D eigenvalue weighted by atomic mass is 16.3. The summed E-state index contributed by atoms with van der Waals surface area (Å²) in [5, 5.41) is 42.6. The van der Waals surface area contributed by atoms with Crippen LogP contribution in [-0.4, -0.2) is 50.8 Å². The molecule has 4 rings (SSSR count). The van der Waals surface area contributed by atoms with Gasteiger partial charge in [-0.05, 0) is 104 Å². The third-order valence-corrected chi connectivity index (χ3v) is 11.2. The summed E-state index contributed by atoms with van der Waals surface area (Å²) >= 11 is 0. The third-order valence-electron chi connectivity index (χ3n) is 11.2. The van der Waals surface area contributed by atoms with Gasteiger partial charge in [0.15, 0.2) is 0 Å². The lowest BCUT2D eigenvalue weighted by Gasteiger charge is -2.63. The monoisotopic (exact) mass is 454 g/mol. The molecule has 188 valence electrons. The van der Waals surface area contributed by atoms with Gasteiger partial charge in [-0.2, -0.15) is 0 Å². The first-order valence-electron chi connectivity index (χ1n) is 13.3. The van der Waals surface area contributed by atoms with Gasteiger partial charge in [-0.1, -0.05) is 40.5 Å². The second kappa shape index (κ2) is 9.81. The van der Waals surface area contributed by atoms with Gasteiger partial charge in [-0.3, -0.25) is 0 Å². The van der Waals surface area contributed by atoms with Crippen LogP contribution < -0.4 is 0 Å². The molecule has 5 nitrogen and oxygen atoms in total. The Kier molecular flexibility index (Phi) is 8.10. The van der Waals surface area contributed by atoms with E-state index in [1.807, 2.05) is 0 Å². The van der Waals surface area contributed by atoms with E-state index in [2.05, 4.69) is 27.7 Å². The van der Waals surface area contributed by atoms with Crippen LogP contribution in [0.15, 0.2) is 0 Å². The topological polar surface area (TPSA) is 112 Å². The minimum atomic E-state index is -0.292. The minimum Gasteiger partial charge on any atom is -0.412 e. The molecule has 0 aromatic carbocycles. The van der Waals surface area contributed by atoms with Crippen molar-refractivity contribution in [2.75, 3.05) is 6.61 Å². The zero-order chi connectivity index (χ0) is 22.6. The van der Waals surface area contributed by atoms with E-state index in [0.29, 0.717) is 41.4 Å². The number of fused-ring (bicyclic) bond motifs is 5. The Morgan fingerprint density at radius 3 is 2.31 bits per heavy atom. The van der Waals surface area contributed by atoms with Crippen LogP contribution >= 0.6 is 0 Å². The Labute approximate surface area is 195 Å². The Hall–Kier alpha value is -0.200. The first-order valence-corrected chi connectivity index (χ1v) is 13.3. The molecule has 0 aromatic heterocycles. The van der Waals surface area contributed by atoms with E-state index in [1.165, 1.54) is 12.8 Å². The van der Waals surface area contributed by atoms with E-state index in [0.717, 1.165) is 51.4 Å². The summed E-state index contributed by atoms with van der Waals surface area (Å²) < 4.78 is 0. The van der Waals surface area contributed by atoms with Gasteiger partial charge in [0.2, 0.25) is 0 Å². The van der Waals surface area contributed by atoms with Crippen LogP contribution in [0.2, 0.25) is 0 Å². The van der Waals surface area contributed by atoms with Gasteiger partial charge in [0, 0.05) is 6.61 Å². The molecule has 12 atom stereocenters. The molecule has 4 aliphatic carbocycles. The molecule has 0 aromatic rings. The lowest BCUT2D eigenvalue weighted by Crippen LogP contribution is -2.62. The molecule has 0 amide bonds. The van der Waals surface area contributed by atoms with Crippen LogP contribution in [0.5, 0.6) is 0 Å². The van der Waals surface area contributed by atoms with Crippen LogP contribution in [0.25, 0.3) is 0 Å². The van der Waals surface area contributed by atoms with Crippen molar-refractivity contribution in [1.82, 2.24) is 0 Å². The fourth-order valence-electron chi connectivity index (χ4n) is 9.21. The molecule has 4 fully saturated rings. The maximum atomic E-state index is 11.6. The lowest BCUT2D eigenvalue weighted by molar-refractivity contribution is -0.207. The van der Waals surface area contributed by atoms with E-state index in [1.54, 1.807) is 0 Å². The molecule has 0 spiro atoms. The Morgan fingerprint density at radius 2 is 1.62 bits per heavy atom. The summed E-state index contributed by atoms with van der Waals surface area (Å²) in [6, 6.07) is 0. The van der Waals surface area contributed by atoms with Crippen molar-refractivity contribution in [3.05, 3.63) is 0 Å². The van der Waals surface area contributed by atoms with Gasteiger partial charge < -0.3 is 25.9 Å². The van der Waals surface area contributed by atoms with Crippen molar-refractivity contribution in [1.29, 1.82) is 0 Å². The van der Waals surface area contributed by atoms with Gasteiger partial charge in [-0.15, -0.1) is 0 Å². The summed E-state index contributed by atoms with van der Waals surface area (Å²) in [4.78, 5) is 0. The van der Waals surface area contributed by atoms with E-state index < -0.39 is 0 Å². The second-order valence-corrected chi connectivity index (χ2v) is 12.7. The average molecular weight is 455 g/mol. The summed E-state index contributed by atoms with van der Waals surface area (Å²) in [6.45, 7) is 9.51. The average Bonchev–Trinajstić information content (AvgIpc) is 3.08. The van der Waals surface area contributed by atoms with Crippen LogP contribution in [-0.2, 0) is 0 Å². The predicted octanol–water partition coefficient (Wildman–Crippen LogP) is 3.56. The fourth-order valence-corrected chi connectivity index (χ4v) is 9.21. The molecule has 4 aliphatic rings. The van der Waals surface area contributed by atoms with Gasteiger partial charge in [0.25, 0.3) is 0 Å². The predicted molar refractivity (Wildman–Crippen MR) is 127 cm³/mol. The number of hydrogen-bond donors (Lipinski definition) is 4. The Morgan fingerprint density at radius 1 is 0.906 bits per heavy atom. The van der Waals surface area contributed by atoms with Gasteiger partial charge in [-0.25, -0.2) is 0 Å². The summed E-state index contributed by atoms with van der Waals surface area (Å²) in [7, 11) is 0. The van der Waals surface area contributed by atoms with Gasteiger partial charge >= 0.3 is 0 Å². The SMILES string of the molecule is CC(CO)CCC[C@@H](C)[C@H]1CC[C@H]2[C@@H]3[C@H](O)C[C@@H]4C[C@H](O)CC[C@]4(C)[C@H]3C[C@H](O)[C@]12C.O. The van der Waals surface area contributed by atoms with Gasteiger partial charge in [0.1, 0.15) is 0 Å². The number of rotatable bonds is 6. The number of aliphatic hydroxyl groups is 4. The Balaban J connectivity index is 0.00000289. The molecule has 32 heavy (non-hydrogen) atoms. The largest absolute Gasteiger partial charge is 0.412 e. The van der Waals surface area contributed by atoms with E-state index in [4.69, 9.17) is 0 Å². The zero-order valence-corrected chi connectivity index (χ0v) is 20.8. The molecule has 6 N–H and O–H groups in total. The number of hydrogen-bond acceptors (Lipinski definition) is 4. The van der Waals surface area contributed by atoms with Crippen LogP contribution in [0, 0.1) is 52.3 Å². The molecule has 0 saturated heterocycles. The molecular weight excluding hydrogens is 404 g/mol. The van der Waals surface area contributed by atoms with E-state index in [9.17, 15) is 20.4 Å². The normalized spacial score (nSPS) is 49.9. The maximum absolute atomic E-state index is 11.6. The van der Waals surface area contributed by atoms with Crippen LogP contribution in [0.1, 0.15) is 91.9 Å². The summed E-state index contributed by atoms with van der Waals surface area (Å²) in [6.07, 6.45) is 9.27. The summed E-state index contributed by atoms with van der Waals surface area (Å²) in [5.41, 5.74) is 0.0527. The molecule has 0 radical (unpaired) electrons. The zero-order valence-electron chi connectivity index (χ0n) is 20.8. The fraction of sp³-hybridized carbons (Fsp3) is 1.00. The Bertz CT molecular complexity index is 627. The van der Waals surface area contributed by atoms with Crippen LogP contribution in [0.3, 0.4) is 0 Å². The highest BCUT2D eigenvalue weighted by molar-refractivity contribution is 5.14. The quantitative estimate of drug-likeness (QED) is 0.491. The smallest absolute Gasteiger partial charge is 0.0602 e. The lowest BCUT2D eigenvalue weighted by atomic mass is 9.43. The maximum Gasteiger partial charge on any atom is 0.0602 e. The van der Waals surface area contributed by atoms with Crippen LogP contribution in [0.4, 0.5) is 0 Å². The molecule has 0 bridgehead atoms. The van der Waals surface area contributed by atoms with Crippen molar-refractivity contribution in [3.63, 3.8) is 0 Å².